The molecule has 0 amide bonds. The third-order valence-electron chi connectivity index (χ3n) is 11.7. The zero-order valence-corrected chi connectivity index (χ0v) is 35.0. The molecule has 2 nitrogen and oxygen atoms in total. The lowest BCUT2D eigenvalue weighted by Gasteiger charge is -2.27. The van der Waals surface area contributed by atoms with Gasteiger partial charge in [0.1, 0.15) is 0 Å². The SMILES string of the molecule is C1=CC(N(c2ccc(-c3ccccc3)cc2)c2ccc(-c3ccccc3)cc2)=CCC=C1c1ccc(N(c2ccc(-c3ccccc3)cc2)c2ccc(-c3ccccc3)cc2)cc1. The molecule has 1 aliphatic rings. The van der Waals surface area contributed by atoms with E-state index >= 15 is 0 Å². The summed E-state index contributed by atoms with van der Waals surface area (Å²) in [6.07, 6.45) is 9.98. The monoisotopic (exact) mass is 806 g/mol. The summed E-state index contributed by atoms with van der Waals surface area (Å²) >= 11 is 0. The molecule has 0 radical (unpaired) electrons. The Bertz CT molecular complexity index is 2820. The maximum atomic E-state index is 2.37. The predicted octanol–water partition coefficient (Wildman–Crippen LogP) is 16.9. The highest BCUT2D eigenvalue weighted by molar-refractivity contribution is 5.83. The molecule has 0 N–H and O–H groups in total. The van der Waals surface area contributed by atoms with Crippen molar-refractivity contribution in [1.82, 2.24) is 0 Å². The first-order chi connectivity index (χ1) is 31.2. The van der Waals surface area contributed by atoms with Crippen molar-refractivity contribution < 1.29 is 0 Å². The summed E-state index contributed by atoms with van der Waals surface area (Å²) in [5.74, 6) is 0. The van der Waals surface area contributed by atoms with Crippen molar-refractivity contribution in [2.75, 3.05) is 9.80 Å². The highest BCUT2D eigenvalue weighted by atomic mass is 15.1. The van der Waals surface area contributed by atoms with Gasteiger partial charge in [0, 0.05) is 34.1 Å². The lowest BCUT2D eigenvalue weighted by molar-refractivity contribution is 1.18. The summed E-state index contributed by atoms with van der Waals surface area (Å²) < 4.78 is 0. The molecule has 0 unspecified atom stereocenters. The molecule has 0 bridgehead atoms. The smallest absolute Gasteiger partial charge is 0.0462 e. The molecule has 0 aliphatic heterocycles. The second kappa shape index (κ2) is 18.2. The normalized spacial score (nSPS) is 12.2. The van der Waals surface area contributed by atoms with Gasteiger partial charge in [0.25, 0.3) is 0 Å². The molecule has 9 aromatic rings. The number of anilines is 5. The molecule has 300 valence electrons. The van der Waals surface area contributed by atoms with E-state index < -0.39 is 0 Å². The Balaban J connectivity index is 0.946. The number of benzene rings is 9. The first-order valence-electron chi connectivity index (χ1n) is 21.6. The lowest BCUT2D eigenvalue weighted by atomic mass is 10.0. The second-order valence-electron chi connectivity index (χ2n) is 15.7. The van der Waals surface area contributed by atoms with E-state index in [0.29, 0.717) is 0 Å². The third-order valence-corrected chi connectivity index (χ3v) is 11.7. The number of nitrogens with zero attached hydrogens (tertiary/aromatic N) is 2. The van der Waals surface area contributed by atoms with Crippen molar-refractivity contribution in [1.29, 1.82) is 0 Å². The van der Waals surface area contributed by atoms with Crippen LogP contribution in [0.4, 0.5) is 28.4 Å². The zero-order chi connectivity index (χ0) is 42.2. The average molecular weight is 807 g/mol. The van der Waals surface area contributed by atoms with Gasteiger partial charge in [-0.1, -0.05) is 200 Å². The van der Waals surface area contributed by atoms with Crippen LogP contribution in [0.5, 0.6) is 0 Å². The molecule has 0 aromatic heterocycles. The van der Waals surface area contributed by atoms with Crippen molar-refractivity contribution in [2.24, 2.45) is 0 Å². The molecule has 0 spiro atoms. The van der Waals surface area contributed by atoms with Crippen LogP contribution < -0.4 is 9.80 Å². The van der Waals surface area contributed by atoms with Crippen LogP contribution in [-0.2, 0) is 0 Å². The summed E-state index contributed by atoms with van der Waals surface area (Å²) in [5, 5.41) is 0. The first-order valence-corrected chi connectivity index (χ1v) is 21.6. The van der Waals surface area contributed by atoms with E-state index in [1.54, 1.807) is 0 Å². The van der Waals surface area contributed by atoms with Crippen LogP contribution in [0.3, 0.4) is 0 Å². The fourth-order valence-electron chi connectivity index (χ4n) is 8.43. The van der Waals surface area contributed by atoms with Gasteiger partial charge in [-0.15, -0.1) is 0 Å². The third kappa shape index (κ3) is 8.70. The van der Waals surface area contributed by atoms with Crippen LogP contribution >= 0.6 is 0 Å². The Kier molecular flexibility index (Phi) is 11.3. The fourth-order valence-corrected chi connectivity index (χ4v) is 8.43. The Hall–Kier alpha value is -8.20. The van der Waals surface area contributed by atoms with Crippen molar-refractivity contribution in [3.63, 3.8) is 0 Å². The summed E-state index contributed by atoms with van der Waals surface area (Å²) in [4.78, 5) is 4.71. The van der Waals surface area contributed by atoms with Gasteiger partial charge in [0.2, 0.25) is 0 Å². The summed E-state index contributed by atoms with van der Waals surface area (Å²) in [6, 6.07) is 86.8. The minimum absolute atomic E-state index is 0.799. The Morgan fingerprint density at radius 1 is 0.222 bits per heavy atom. The largest absolute Gasteiger partial charge is 0.311 e. The van der Waals surface area contributed by atoms with Gasteiger partial charge in [0.05, 0.1) is 0 Å². The summed E-state index contributed by atoms with van der Waals surface area (Å²) in [7, 11) is 0. The van der Waals surface area contributed by atoms with Gasteiger partial charge >= 0.3 is 0 Å². The van der Waals surface area contributed by atoms with Gasteiger partial charge < -0.3 is 9.80 Å². The molecular weight excluding hydrogens is 761 g/mol. The number of hydrogen-bond acceptors (Lipinski definition) is 2. The van der Waals surface area contributed by atoms with Gasteiger partial charge in [-0.25, -0.2) is 0 Å². The Morgan fingerprint density at radius 3 is 0.810 bits per heavy atom. The standard InChI is InChI=1S/C61H46N2/c1-5-14-46(15-6-1)51-25-36-57(37-26-51)62(58-38-27-52(28-39-58)47-16-7-2-8-17-47)56-23-13-22-50(24-35-56)55-33-44-61(45-34-55)63(59-40-29-53(30-41-59)48-18-9-3-10-19-48)60-42-31-54(32-43-60)49-20-11-4-12-21-49/h1-12,14-45H,13H2. The molecule has 0 saturated carbocycles. The topological polar surface area (TPSA) is 6.48 Å². The number of allylic oxidation sites excluding steroid dienone is 5. The fraction of sp³-hybridized carbons (Fsp3) is 0.0164. The maximum absolute atomic E-state index is 2.37. The molecular formula is C61H46N2. The number of hydrogen-bond donors (Lipinski definition) is 0. The van der Waals surface area contributed by atoms with Gasteiger partial charge in [-0.2, -0.15) is 0 Å². The van der Waals surface area contributed by atoms with Crippen LogP contribution in [0, 0.1) is 0 Å². The van der Waals surface area contributed by atoms with Crippen molar-refractivity contribution in [3.05, 3.63) is 278 Å². The van der Waals surface area contributed by atoms with Crippen LogP contribution in [0.2, 0.25) is 0 Å². The minimum Gasteiger partial charge on any atom is -0.311 e. The quantitative estimate of drug-likeness (QED) is 0.128. The van der Waals surface area contributed by atoms with Crippen LogP contribution in [0.15, 0.2) is 273 Å². The van der Waals surface area contributed by atoms with E-state index in [1.807, 2.05) is 0 Å². The highest BCUT2D eigenvalue weighted by Crippen LogP contribution is 2.39. The molecule has 2 heteroatoms. The van der Waals surface area contributed by atoms with Crippen molar-refractivity contribution in [2.45, 2.75) is 6.42 Å². The molecule has 0 fully saturated rings. The lowest BCUT2D eigenvalue weighted by Crippen LogP contribution is -2.15. The van der Waals surface area contributed by atoms with E-state index in [1.165, 1.54) is 55.6 Å². The molecule has 0 saturated heterocycles. The summed E-state index contributed by atoms with van der Waals surface area (Å²) in [5.41, 5.74) is 18.6. The molecule has 1 aliphatic carbocycles. The minimum atomic E-state index is 0.799. The van der Waals surface area contributed by atoms with Crippen LogP contribution in [0.25, 0.3) is 50.1 Å². The predicted molar refractivity (Wildman–Crippen MR) is 268 cm³/mol. The molecule has 0 heterocycles. The molecule has 0 atom stereocenters. The number of rotatable bonds is 11. The van der Waals surface area contributed by atoms with Crippen LogP contribution in [0.1, 0.15) is 12.0 Å². The first kappa shape index (κ1) is 39.0. The van der Waals surface area contributed by atoms with Crippen molar-refractivity contribution >= 4 is 34.0 Å². The maximum Gasteiger partial charge on any atom is 0.0462 e. The second-order valence-corrected chi connectivity index (χ2v) is 15.7. The Morgan fingerprint density at radius 2 is 0.492 bits per heavy atom. The average Bonchev–Trinajstić information content (AvgIpc) is 3.63. The van der Waals surface area contributed by atoms with Gasteiger partial charge in [-0.3, -0.25) is 0 Å². The molecule has 63 heavy (non-hydrogen) atoms. The van der Waals surface area contributed by atoms with E-state index in [2.05, 4.69) is 277 Å². The van der Waals surface area contributed by atoms with E-state index in [-0.39, 0.29) is 0 Å². The van der Waals surface area contributed by atoms with Crippen LogP contribution in [-0.4, -0.2) is 0 Å². The Labute approximate surface area is 371 Å². The summed E-state index contributed by atoms with van der Waals surface area (Å²) in [6.45, 7) is 0. The van der Waals surface area contributed by atoms with E-state index in [9.17, 15) is 0 Å². The van der Waals surface area contributed by atoms with E-state index in [0.717, 1.165) is 40.6 Å². The zero-order valence-electron chi connectivity index (χ0n) is 35.0. The van der Waals surface area contributed by atoms with Gasteiger partial charge in [0.15, 0.2) is 0 Å². The van der Waals surface area contributed by atoms with E-state index in [4.69, 9.17) is 0 Å². The molecule has 10 rings (SSSR count). The molecule has 9 aromatic carbocycles. The van der Waals surface area contributed by atoms with Crippen molar-refractivity contribution in [3.8, 4) is 44.5 Å². The van der Waals surface area contributed by atoms with Gasteiger partial charge in [-0.05, 0) is 129 Å². The highest BCUT2D eigenvalue weighted by Gasteiger charge is 2.17.